The predicted octanol–water partition coefficient (Wildman–Crippen LogP) is 1.84. The number of halogens is 1. The number of anilines is 1. The van der Waals surface area contributed by atoms with Gasteiger partial charge in [0.15, 0.2) is 9.84 Å². The molecule has 0 radical (unpaired) electrons. The van der Waals surface area contributed by atoms with Gasteiger partial charge in [0.25, 0.3) is 0 Å². The number of thiazole rings is 1. The van der Waals surface area contributed by atoms with Crippen LogP contribution in [0.2, 0.25) is 0 Å². The third kappa shape index (κ3) is 2.62. The fraction of sp³-hybridized carbons (Fsp3) is 0.100. The number of hydrogen-bond acceptors (Lipinski definition) is 5. The second-order valence-electron chi connectivity index (χ2n) is 3.42. The van der Waals surface area contributed by atoms with Crippen LogP contribution in [0, 0.1) is 5.82 Å². The van der Waals surface area contributed by atoms with Gasteiger partial charge >= 0.3 is 0 Å². The molecule has 90 valence electrons. The minimum absolute atomic E-state index is 0.194. The van der Waals surface area contributed by atoms with Crippen LogP contribution in [0.15, 0.2) is 34.8 Å². The molecule has 7 heteroatoms. The van der Waals surface area contributed by atoms with E-state index in [2.05, 4.69) is 4.98 Å². The van der Waals surface area contributed by atoms with Crippen molar-refractivity contribution < 1.29 is 12.8 Å². The average Bonchev–Trinajstić information content (AvgIpc) is 2.68. The van der Waals surface area contributed by atoms with Crippen molar-refractivity contribution in [2.45, 2.75) is 10.6 Å². The molecule has 17 heavy (non-hydrogen) atoms. The molecule has 0 saturated carbocycles. The summed E-state index contributed by atoms with van der Waals surface area (Å²) in [6.07, 6.45) is 1.46. The molecule has 1 heterocycles. The minimum Gasteiger partial charge on any atom is -0.399 e. The van der Waals surface area contributed by atoms with E-state index in [1.807, 2.05) is 0 Å². The normalized spacial score (nSPS) is 11.6. The van der Waals surface area contributed by atoms with Gasteiger partial charge in [0.1, 0.15) is 10.7 Å². The van der Waals surface area contributed by atoms with Crippen LogP contribution in [0.4, 0.5) is 10.1 Å². The maximum Gasteiger partial charge on any atom is 0.186 e. The number of rotatable bonds is 3. The zero-order chi connectivity index (χ0) is 12.5. The molecule has 0 spiro atoms. The van der Waals surface area contributed by atoms with Gasteiger partial charge in [-0.15, -0.1) is 11.3 Å². The summed E-state index contributed by atoms with van der Waals surface area (Å²) in [5.41, 5.74) is 7.09. The molecular formula is C10H9FN2O2S2. The molecule has 1 aromatic carbocycles. The highest BCUT2D eigenvalue weighted by Gasteiger charge is 2.20. The van der Waals surface area contributed by atoms with Gasteiger partial charge < -0.3 is 5.73 Å². The molecule has 0 bridgehead atoms. The third-order valence-corrected chi connectivity index (χ3v) is 4.76. The van der Waals surface area contributed by atoms with Crippen molar-refractivity contribution in [2.75, 3.05) is 5.73 Å². The Hall–Kier alpha value is -1.47. The Kier molecular flexibility index (Phi) is 3.12. The van der Waals surface area contributed by atoms with Gasteiger partial charge in [0.05, 0.1) is 11.3 Å². The van der Waals surface area contributed by atoms with Crippen LogP contribution in [0.25, 0.3) is 0 Å². The highest BCUT2D eigenvalue weighted by atomic mass is 32.2. The van der Waals surface area contributed by atoms with Crippen LogP contribution < -0.4 is 5.73 Å². The number of nitrogen functional groups attached to an aromatic ring is 1. The summed E-state index contributed by atoms with van der Waals surface area (Å²) in [6, 6.07) is 3.54. The Labute approximate surface area is 102 Å². The molecule has 4 nitrogen and oxygen atoms in total. The standard InChI is InChI=1S/C10H9FN2O2S2/c11-9-3-7(12)1-2-10(9)17(14,15)5-8-4-13-6-16-8/h1-4,6H,5,12H2. The fourth-order valence-corrected chi connectivity index (χ4v) is 3.70. The molecule has 0 aliphatic rings. The Bertz CT molecular complexity index is 624. The largest absolute Gasteiger partial charge is 0.399 e. The number of hydrogen-bond donors (Lipinski definition) is 1. The van der Waals surface area contributed by atoms with Crippen LogP contribution in [0.1, 0.15) is 4.88 Å². The Balaban J connectivity index is 2.38. The quantitative estimate of drug-likeness (QED) is 0.865. The monoisotopic (exact) mass is 272 g/mol. The summed E-state index contributed by atoms with van der Waals surface area (Å²) in [5.74, 6) is -1.08. The van der Waals surface area contributed by atoms with E-state index < -0.39 is 15.7 Å². The van der Waals surface area contributed by atoms with Crippen LogP contribution in [0.5, 0.6) is 0 Å². The fourth-order valence-electron chi connectivity index (χ4n) is 1.35. The molecule has 0 amide bonds. The van der Waals surface area contributed by atoms with Crippen LogP contribution in [-0.4, -0.2) is 13.4 Å². The zero-order valence-electron chi connectivity index (χ0n) is 8.63. The van der Waals surface area contributed by atoms with E-state index in [-0.39, 0.29) is 16.3 Å². The van der Waals surface area contributed by atoms with Crippen molar-refractivity contribution >= 4 is 26.9 Å². The number of aromatic nitrogens is 1. The summed E-state index contributed by atoms with van der Waals surface area (Å²) in [6.45, 7) is 0. The Morgan fingerprint density at radius 2 is 2.18 bits per heavy atom. The van der Waals surface area contributed by atoms with Crippen molar-refractivity contribution in [3.63, 3.8) is 0 Å². The SMILES string of the molecule is Nc1ccc(S(=O)(=O)Cc2cncs2)c(F)c1. The predicted molar refractivity (Wildman–Crippen MR) is 63.8 cm³/mol. The molecule has 2 N–H and O–H groups in total. The number of nitrogens with zero attached hydrogens (tertiary/aromatic N) is 1. The molecule has 0 atom stereocenters. The topological polar surface area (TPSA) is 73.1 Å². The van der Waals surface area contributed by atoms with E-state index in [0.29, 0.717) is 4.88 Å². The molecule has 1 aromatic heterocycles. The second-order valence-corrected chi connectivity index (χ2v) is 6.35. The summed E-state index contributed by atoms with van der Waals surface area (Å²) < 4.78 is 37.4. The first kappa shape index (κ1) is 12.0. The molecule has 0 fully saturated rings. The van der Waals surface area contributed by atoms with E-state index in [9.17, 15) is 12.8 Å². The van der Waals surface area contributed by atoms with E-state index in [4.69, 9.17) is 5.73 Å². The van der Waals surface area contributed by atoms with Gasteiger partial charge in [0, 0.05) is 16.8 Å². The first-order valence-electron chi connectivity index (χ1n) is 4.64. The smallest absolute Gasteiger partial charge is 0.186 e. The second kappa shape index (κ2) is 4.42. The first-order valence-corrected chi connectivity index (χ1v) is 7.17. The van der Waals surface area contributed by atoms with Crippen molar-refractivity contribution in [2.24, 2.45) is 0 Å². The summed E-state index contributed by atoms with van der Waals surface area (Å²) in [5, 5.41) is 0. The molecule has 2 rings (SSSR count). The highest BCUT2D eigenvalue weighted by Crippen LogP contribution is 2.22. The molecular weight excluding hydrogens is 263 g/mol. The molecule has 0 unspecified atom stereocenters. The van der Waals surface area contributed by atoms with Crippen LogP contribution in [0.3, 0.4) is 0 Å². The summed E-state index contributed by atoms with van der Waals surface area (Å²) in [7, 11) is -3.69. The summed E-state index contributed by atoms with van der Waals surface area (Å²) >= 11 is 1.22. The van der Waals surface area contributed by atoms with E-state index >= 15 is 0 Å². The molecule has 0 saturated heterocycles. The van der Waals surface area contributed by atoms with E-state index in [1.54, 1.807) is 0 Å². The van der Waals surface area contributed by atoms with Crippen molar-refractivity contribution in [3.8, 4) is 0 Å². The van der Waals surface area contributed by atoms with Crippen molar-refractivity contribution in [1.82, 2.24) is 4.98 Å². The van der Waals surface area contributed by atoms with Crippen molar-refractivity contribution in [3.05, 3.63) is 40.6 Å². The van der Waals surface area contributed by atoms with Gasteiger partial charge in [-0.25, -0.2) is 12.8 Å². The van der Waals surface area contributed by atoms with Gasteiger partial charge in [-0.3, -0.25) is 4.98 Å². The van der Waals surface area contributed by atoms with Gasteiger partial charge in [-0.1, -0.05) is 0 Å². The lowest BCUT2D eigenvalue weighted by Gasteiger charge is -2.04. The number of sulfone groups is 1. The Morgan fingerprint density at radius 3 is 2.76 bits per heavy atom. The average molecular weight is 272 g/mol. The first-order chi connectivity index (χ1) is 7.99. The van der Waals surface area contributed by atoms with E-state index in [1.165, 1.54) is 35.2 Å². The van der Waals surface area contributed by atoms with E-state index in [0.717, 1.165) is 6.07 Å². The molecule has 0 aliphatic carbocycles. The van der Waals surface area contributed by atoms with Crippen molar-refractivity contribution in [1.29, 1.82) is 0 Å². The maximum absolute atomic E-state index is 13.5. The lowest BCUT2D eigenvalue weighted by atomic mass is 10.3. The zero-order valence-corrected chi connectivity index (χ0v) is 10.3. The third-order valence-electron chi connectivity index (χ3n) is 2.11. The lowest BCUT2D eigenvalue weighted by Crippen LogP contribution is -2.06. The van der Waals surface area contributed by atoms with Gasteiger partial charge in [-0.05, 0) is 18.2 Å². The number of nitrogens with two attached hydrogens (primary N) is 1. The maximum atomic E-state index is 13.5. The van der Waals surface area contributed by atoms with Crippen LogP contribution in [-0.2, 0) is 15.6 Å². The molecule has 2 aromatic rings. The summed E-state index contributed by atoms with van der Waals surface area (Å²) in [4.78, 5) is 4.01. The molecule has 0 aliphatic heterocycles. The number of benzene rings is 1. The van der Waals surface area contributed by atoms with Crippen LogP contribution >= 0.6 is 11.3 Å². The lowest BCUT2D eigenvalue weighted by molar-refractivity contribution is 0.567. The van der Waals surface area contributed by atoms with Gasteiger partial charge in [-0.2, -0.15) is 0 Å². The minimum atomic E-state index is -3.69. The Morgan fingerprint density at radius 1 is 1.41 bits per heavy atom. The highest BCUT2D eigenvalue weighted by molar-refractivity contribution is 7.90. The van der Waals surface area contributed by atoms with Gasteiger partial charge in [0.2, 0.25) is 0 Å².